The molecule has 1 aliphatic carbocycles. The highest BCUT2D eigenvalue weighted by molar-refractivity contribution is 5.85. The fourth-order valence-electron chi connectivity index (χ4n) is 3.65. The number of carbonyl (C=O) groups excluding carboxylic acids is 1. The number of quaternary nitrogens is 1. The third-order valence-electron chi connectivity index (χ3n) is 4.77. The lowest BCUT2D eigenvalue weighted by molar-refractivity contribution is -0.960. The quantitative estimate of drug-likeness (QED) is 0.700. The summed E-state index contributed by atoms with van der Waals surface area (Å²) in [6.07, 6.45) is 6.02. The Hall–Kier alpha value is -0.570. The minimum absolute atomic E-state index is 0.0556. The molecule has 0 radical (unpaired) electrons. The number of likely N-dealkylation sites (tertiary alicyclic amines) is 1. The van der Waals surface area contributed by atoms with E-state index in [1.165, 1.54) is 32.4 Å². The lowest BCUT2D eigenvalue weighted by Crippen LogP contribution is -2.72. The highest BCUT2D eigenvalue weighted by atomic mass is 16.2. The second-order valence-corrected chi connectivity index (χ2v) is 5.08. The predicted octanol–water partition coefficient (Wildman–Crippen LogP) is 1.29. The number of amides is 1. The molecule has 1 aliphatic heterocycles. The summed E-state index contributed by atoms with van der Waals surface area (Å²) < 4.78 is 1.06. The monoisotopic (exact) mass is 211 g/mol. The van der Waals surface area contributed by atoms with Crippen LogP contribution in [0.15, 0.2) is 0 Å². The number of hydrogen-bond donors (Lipinski definition) is 1. The first-order valence-electron chi connectivity index (χ1n) is 6.29. The first-order chi connectivity index (χ1) is 7.21. The molecular weight excluding hydrogens is 188 g/mol. The van der Waals surface area contributed by atoms with Crippen LogP contribution in [0.2, 0.25) is 0 Å². The van der Waals surface area contributed by atoms with Gasteiger partial charge < -0.3 is 9.80 Å². The van der Waals surface area contributed by atoms with Crippen molar-refractivity contribution in [3.8, 4) is 0 Å². The molecule has 3 heteroatoms. The van der Waals surface area contributed by atoms with E-state index in [9.17, 15) is 4.79 Å². The number of rotatable bonds is 3. The van der Waals surface area contributed by atoms with Crippen LogP contribution in [0.1, 0.15) is 39.0 Å². The van der Waals surface area contributed by atoms with Gasteiger partial charge in [0.15, 0.2) is 5.54 Å². The molecular formula is C12H23N2O+. The predicted molar refractivity (Wildman–Crippen MR) is 60.4 cm³/mol. The molecule has 15 heavy (non-hydrogen) atoms. The second-order valence-electron chi connectivity index (χ2n) is 5.08. The zero-order chi connectivity index (χ0) is 10.9. The van der Waals surface area contributed by atoms with Crippen LogP contribution in [-0.2, 0) is 4.79 Å². The van der Waals surface area contributed by atoms with E-state index in [0.29, 0.717) is 0 Å². The molecule has 86 valence electrons. The van der Waals surface area contributed by atoms with Crippen LogP contribution in [0.4, 0.5) is 0 Å². The van der Waals surface area contributed by atoms with Gasteiger partial charge in [-0.1, -0.05) is 0 Å². The minimum Gasteiger partial charge on any atom is -0.354 e. The van der Waals surface area contributed by atoms with Crippen LogP contribution >= 0.6 is 0 Å². The first kappa shape index (κ1) is 10.9. The summed E-state index contributed by atoms with van der Waals surface area (Å²) >= 11 is 0. The Balaban J connectivity index is 2.27. The van der Waals surface area contributed by atoms with Crippen molar-refractivity contribution in [1.82, 2.24) is 5.32 Å². The molecule has 3 nitrogen and oxygen atoms in total. The zero-order valence-electron chi connectivity index (χ0n) is 10.0. The van der Waals surface area contributed by atoms with E-state index in [4.69, 9.17) is 0 Å². The summed E-state index contributed by atoms with van der Waals surface area (Å²) in [7, 11) is 1.78. The average Bonchev–Trinajstić information content (AvgIpc) is 2.66. The Bertz CT molecular complexity index is 252. The molecule has 1 heterocycles. The smallest absolute Gasteiger partial charge is 0.281 e. The molecule has 0 bridgehead atoms. The highest BCUT2D eigenvalue weighted by Gasteiger charge is 2.60. The van der Waals surface area contributed by atoms with Crippen molar-refractivity contribution in [3.05, 3.63) is 0 Å². The third kappa shape index (κ3) is 1.32. The maximum absolute atomic E-state index is 12.1. The van der Waals surface area contributed by atoms with Gasteiger partial charge >= 0.3 is 0 Å². The average molecular weight is 211 g/mol. The fraction of sp³-hybridized carbons (Fsp3) is 0.917. The Morgan fingerprint density at radius 3 is 2.20 bits per heavy atom. The van der Waals surface area contributed by atoms with Gasteiger partial charge in [-0.25, -0.2) is 0 Å². The van der Waals surface area contributed by atoms with E-state index in [1.54, 1.807) is 7.05 Å². The molecule has 1 amide bonds. The Kier molecular flexibility index (Phi) is 2.75. The van der Waals surface area contributed by atoms with Crippen LogP contribution in [-0.4, -0.2) is 42.6 Å². The van der Waals surface area contributed by atoms with Gasteiger partial charge in [-0.3, -0.25) is 4.79 Å². The van der Waals surface area contributed by atoms with Crippen molar-refractivity contribution >= 4 is 5.91 Å². The van der Waals surface area contributed by atoms with Crippen molar-refractivity contribution in [2.24, 2.45) is 0 Å². The maximum Gasteiger partial charge on any atom is 0.281 e. The minimum atomic E-state index is -0.0556. The van der Waals surface area contributed by atoms with Gasteiger partial charge in [0.2, 0.25) is 0 Å². The molecule has 0 unspecified atom stereocenters. The van der Waals surface area contributed by atoms with Gasteiger partial charge in [-0.2, -0.15) is 0 Å². The number of likely N-dealkylation sites (N-methyl/N-ethyl adjacent to an activating group) is 2. The van der Waals surface area contributed by atoms with Gasteiger partial charge in [0.25, 0.3) is 5.91 Å². The molecule has 1 saturated heterocycles. The molecule has 2 aliphatic rings. The summed E-state index contributed by atoms with van der Waals surface area (Å²) in [5, 5.41) is 2.89. The summed E-state index contributed by atoms with van der Waals surface area (Å²) in [4.78, 5) is 12.1. The van der Waals surface area contributed by atoms with E-state index in [-0.39, 0.29) is 11.4 Å². The summed E-state index contributed by atoms with van der Waals surface area (Å²) in [5.74, 6) is 0.289. The normalized spacial score (nSPS) is 27.1. The Morgan fingerprint density at radius 1 is 1.27 bits per heavy atom. The molecule has 0 aromatic rings. The van der Waals surface area contributed by atoms with E-state index in [1.807, 2.05) is 0 Å². The SMILES string of the molecule is CC[N+]1(C2(C(=O)NC)CCC2)CCCC1. The van der Waals surface area contributed by atoms with Gasteiger partial charge in [0.1, 0.15) is 0 Å². The standard InChI is InChI=1S/C12H22N2O/c1-3-14(9-4-5-10-14)12(7-6-8-12)11(15)13-2/h3-10H2,1-2H3/p+1. The topological polar surface area (TPSA) is 29.1 Å². The molecule has 1 saturated carbocycles. The number of hydrogen-bond acceptors (Lipinski definition) is 1. The molecule has 0 atom stereocenters. The van der Waals surface area contributed by atoms with Crippen LogP contribution in [0.25, 0.3) is 0 Å². The van der Waals surface area contributed by atoms with Gasteiger partial charge in [0.05, 0.1) is 19.6 Å². The first-order valence-corrected chi connectivity index (χ1v) is 6.29. The summed E-state index contributed by atoms with van der Waals surface area (Å²) in [6, 6.07) is 0. The van der Waals surface area contributed by atoms with Crippen molar-refractivity contribution in [3.63, 3.8) is 0 Å². The largest absolute Gasteiger partial charge is 0.354 e. The summed E-state index contributed by atoms with van der Waals surface area (Å²) in [5.41, 5.74) is -0.0556. The van der Waals surface area contributed by atoms with Gasteiger partial charge in [-0.05, 0) is 13.3 Å². The third-order valence-corrected chi connectivity index (χ3v) is 4.77. The number of nitrogens with one attached hydrogen (secondary N) is 1. The molecule has 0 spiro atoms. The fourth-order valence-corrected chi connectivity index (χ4v) is 3.65. The van der Waals surface area contributed by atoms with Crippen molar-refractivity contribution in [2.45, 2.75) is 44.6 Å². The van der Waals surface area contributed by atoms with Crippen LogP contribution < -0.4 is 5.32 Å². The lowest BCUT2D eigenvalue weighted by atomic mass is 9.72. The molecule has 0 aromatic heterocycles. The summed E-state index contributed by atoms with van der Waals surface area (Å²) in [6.45, 7) is 5.79. The lowest BCUT2D eigenvalue weighted by Gasteiger charge is -2.54. The van der Waals surface area contributed by atoms with Crippen LogP contribution in [0.3, 0.4) is 0 Å². The van der Waals surface area contributed by atoms with E-state index < -0.39 is 0 Å². The maximum atomic E-state index is 12.1. The van der Waals surface area contributed by atoms with Crippen LogP contribution in [0.5, 0.6) is 0 Å². The zero-order valence-corrected chi connectivity index (χ0v) is 10.0. The van der Waals surface area contributed by atoms with Gasteiger partial charge in [-0.15, -0.1) is 0 Å². The second kappa shape index (κ2) is 3.78. The van der Waals surface area contributed by atoms with E-state index in [0.717, 1.165) is 23.9 Å². The Labute approximate surface area is 92.4 Å². The number of carbonyl (C=O) groups is 1. The Morgan fingerprint density at radius 2 is 1.87 bits per heavy atom. The van der Waals surface area contributed by atoms with Crippen LogP contribution in [0, 0.1) is 0 Å². The number of nitrogens with zero attached hydrogens (tertiary/aromatic N) is 1. The van der Waals surface area contributed by atoms with Crippen molar-refractivity contribution in [1.29, 1.82) is 0 Å². The molecule has 1 N–H and O–H groups in total. The van der Waals surface area contributed by atoms with E-state index >= 15 is 0 Å². The molecule has 0 aromatic carbocycles. The highest BCUT2D eigenvalue weighted by Crippen LogP contribution is 2.45. The van der Waals surface area contributed by atoms with Crippen molar-refractivity contribution in [2.75, 3.05) is 26.7 Å². The van der Waals surface area contributed by atoms with E-state index in [2.05, 4.69) is 12.2 Å². The molecule has 2 fully saturated rings. The molecule has 2 rings (SSSR count). The van der Waals surface area contributed by atoms with Crippen molar-refractivity contribution < 1.29 is 9.28 Å². The van der Waals surface area contributed by atoms with Gasteiger partial charge in [0, 0.05) is 32.7 Å².